The number of carbonyl (C=O) groups excluding carboxylic acids is 1. The number of alkyl halides is 3. The Morgan fingerprint density at radius 2 is 1.81 bits per heavy atom. The van der Waals surface area contributed by atoms with E-state index in [4.69, 9.17) is 4.74 Å². The zero-order valence-corrected chi connectivity index (χ0v) is 15.0. The quantitative estimate of drug-likeness (QED) is 0.439. The van der Waals surface area contributed by atoms with Crippen molar-refractivity contribution in [2.24, 2.45) is 0 Å². The zero-order chi connectivity index (χ0) is 20.5. The van der Waals surface area contributed by atoms with Crippen LogP contribution >= 0.6 is 0 Å². The SMILES string of the molecule is COC(=O)OC1=C(C)N(C)C(C)=C([N+](=O)[O-])C1c1ccccc1C(F)(F)F. The van der Waals surface area contributed by atoms with Gasteiger partial charge in [-0.1, -0.05) is 18.2 Å². The summed E-state index contributed by atoms with van der Waals surface area (Å²) in [7, 11) is 2.51. The van der Waals surface area contributed by atoms with Gasteiger partial charge in [0.25, 0.3) is 5.70 Å². The minimum absolute atomic E-state index is 0.136. The number of carbonyl (C=O) groups is 1. The number of nitrogens with zero attached hydrogens (tertiary/aromatic N) is 2. The molecule has 0 saturated heterocycles. The Labute approximate surface area is 152 Å². The highest BCUT2D eigenvalue weighted by Crippen LogP contribution is 2.45. The lowest BCUT2D eigenvalue weighted by molar-refractivity contribution is -0.432. The molecule has 0 bridgehead atoms. The molecular weight excluding hydrogens is 369 g/mol. The third kappa shape index (κ3) is 3.74. The Morgan fingerprint density at radius 3 is 2.33 bits per heavy atom. The fraction of sp³-hybridized carbons (Fsp3) is 0.353. The van der Waals surface area contributed by atoms with Crippen molar-refractivity contribution in [2.75, 3.05) is 14.2 Å². The van der Waals surface area contributed by atoms with Crippen LogP contribution in [-0.2, 0) is 15.7 Å². The molecule has 1 heterocycles. The van der Waals surface area contributed by atoms with E-state index < -0.39 is 34.4 Å². The summed E-state index contributed by atoms with van der Waals surface area (Å²) in [6, 6.07) is 4.47. The molecule has 0 saturated carbocycles. The van der Waals surface area contributed by atoms with Crippen molar-refractivity contribution in [3.63, 3.8) is 0 Å². The van der Waals surface area contributed by atoms with E-state index in [0.717, 1.165) is 19.2 Å². The third-order valence-electron chi connectivity index (χ3n) is 4.40. The standard InChI is InChI=1S/C17H17F3N2O5/c1-9-14(22(24)25)13(11-7-5-6-8-12(11)17(18,19)20)15(10(2)21(9)3)27-16(23)26-4/h5-8,13H,1-4H3. The van der Waals surface area contributed by atoms with Crippen molar-refractivity contribution in [1.82, 2.24) is 4.90 Å². The van der Waals surface area contributed by atoms with E-state index in [2.05, 4.69) is 4.74 Å². The number of hydrogen-bond acceptors (Lipinski definition) is 6. The van der Waals surface area contributed by atoms with E-state index >= 15 is 0 Å². The molecule has 1 aliphatic rings. The molecule has 0 spiro atoms. The van der Waals surface area contributed by atoms with Gasteiger partial charge in [-0.25, -0.2) is 4.79 Å². The number of halogens is 3. The van der Waals surface area contributed by atoms with Crippen molar-refractivity contribution in [3.05, 3.63) is 68.4 Å². The summed E-state index contributed by atoms with van der Waals surface area (Å²) in [6.45, 7) is 2.90. The molecule has 2 rings (SSSR count). The van der Waals surface area contributed by atoms with E-state index in [9.17, 15) is 28.1 Å². The lowest BCUT2D eigenvalue weighted by Crippen LogP contribution is -2.32. The summed E-state index contributed by atoms with van der Waals surface area (Å²) in [5.74, 6) is -1.83. The molecule has 146 valence electrons. The number of nitro groups is 1. The van der Waals surface area contributed by atoms with Crippen LogP contribution in [0.2, 0.25) is 0 Å². The van der Waals surface area contributed by atoms with Crippen LogP contribution in [0.15, 0.2) is 47.1 Å². The van der Waals surface area contributed by atoms with Crippen molar-refractivity contribution in [1.29, 1.82) is 0 Å². The molecule has 0 aromatic heterocycles. The molecule has 0 radical (unpaired) electrons. The van der Waals surface area contributed by atoms with Gasteiger partial charge in [-0.3, -0.25) is 10.1 Å². The Kier molecular flexibility index (Phi) is 5.48. The van der Waals surface area contributed by atoms with Crippen molar-refractivity contribution >= 4 is 6.16 Å². The molecule has 7 nitrogen and oxygen atoms in total. The first-order valence-electron chi connectivity index (χ1n) is 7.72. The van der Waals surface area contributed by atoms with E-state index in [1.807, 2.05) is 0 Å². The van der Waals surface area contributed by atoms with Gasteiger partial charge in [0.2, 0.25) is 0 Å². The van der Waals surface area contributed by atoms with Crippen molar-refractivity contribution in [2.45, 2.75) is 25.9 Å². The lowest BCUT2D eigenvalue weighted by atomic mass is 9.86. The Morgan fingerprint density at radius 1 is 1.22 bits per heavy atom. The van der Waals surface area contributed by atoms with Crippen LogP contribution in [0.4, 0.5) is 18.0 Å². The fourth-order valence-electron chi connectivity index (χ4n) is 2.93. The Bertz CT molecular complexity index is 845. The van der Waals surface area contributed by atoms with Crippen molar-refractivity contribution < 1.29 is 32.4 Å². The summed E-state index contributed by atoms with van der Waals surface area (Å²) < 4.78 is 50.0. The molecule has 1 aliphatic heterocycles. The van der Waals surface area contributed by atoms with Crippen LogP contribution in [0, 0.1) is 10.1 Å². The first kappa shape index (κ1) is 20.3. The first-order chi connectivity index (χ1) is 12.5. The van der Waals surface area contributed by atoms with Gasteiger partial charge in [0.1, 0.15) is 11.7 Å². The summed E-state index contributed by atoms with van der Waals surface area (Å²) in [4.78, 5) is 24.0. The smallest absolute Gasteiger partial charge is 0.437 e. The molecule has 0 aliphatic carbocycles. The van der Waals surface area contributed by atoms with Crippen LogP contribution in [0.3, 0.4) is 0 Å². The molecule has 1 atom stereocenters. The van der Waals surface area contributed by atoms with E-state index in [1.165, 1.54) is 37.9 Å². The summed E-state index contributed by atoms with van der Waals surface area (Å²) >= 11 is 0. The van der Waals surface area contributed by atoms with Crippen LogP contribution in [-0.4, -0.2) is 30.1 Å². The number of methoxy groups -OCH3 is 1. The number of rotatable bonds is 3. The maximum absolute atomic E-state index is 13.5. The van der Waals surface area contributed by atoms with Gasteiger partial charge in [-0.2, -0.15) is 13.2 Å². The topological polar surface area (TPSA) is 81.9 Å². The normalized spacial score (nSPS) is 17.9. The van der Waals surface area contributed by atoms with Crippen LogP contribution < -0.4 is 0 Å². The molecule has 10 heteroatoms. The summed E-state index contributed by atoms with van der Waals surface area (Å²) in [6.07, 6.45) is -5.94. The van der Waals surface area contributed by atoms with E-state index in [-0.39, 0.29) is 22.7 Å². The van der Waals surface area contributed by atoms with Gasteiger partial charge < -0.3 is 14.4 Å². The fourth-order valence-corrected chi connectivity index (χ4v) is 2.93. The van der Waals surface area contributed by atoms with Crippen LogP contribution in [0.1, 0.15) is 30.9 Å². The van der Waals surface area contributed by atoms with Gasteiger partial charge in [0.15, 0.2) is 0 Å². The van der Waals surface area contributed by atoms with Gasteiger partial charge in [-0.05, 0) is 25.5 Å². The number of benzene rings is 1. The molecular formula is C17H17F3N2O5. The molecule has 0 fully saturated rings. The Balaban J connectivity index is 2.81. The molecule has 0 N–H and O–H groups in total. The number of hydrogen-bond donors (Lipinski definition) is 0. The second kappa shape index (κ2) is 7.29. The first-order valence-corrected chi connectivity index (χ1v) is 7.72. The third-order valence-corrected chi connectivity index (χ3v) is 4.40. The molecule has 1 aromatic carbocycles. The highest BCUT2D eigenvalue weighted by Gasteiger charge is 2.45. The second-order valence-corrected chi connectivity index (χ2v) is 5.81. The van der Waals surface area contributed by atoms with Gasteiger partial charge in [0, 0.05) is 7.05 Å². The predicted molar refractivity (Wildman–Crippen MR) is 87.8 cm³/mol. The largest absolute Gasteiger partial charge is 0.513 e. The van der Waals surface area contributed by atoms with Crippen LogP contribution in [0.5, 0.6) is 0 Å². The average molecular weight is 386 g/mol. The van der Waals surface area contributed by atoms with E-state index in [1.54, 1.807) is 0 Å². The minimum atomic E-state index is -4.75. The molecule has 27 heavy (non-hydrogen) atoms. The van der Waals surface area contributed by atoms with Gasteiger partial charge >= 0.3 is 12.3 Å². The van der Waals surface area contributed by atoms with Crippen molar-refractivity contribution in [3.8, 4) is 0 Å². The maximum Gasteiger partial charge on any atom is 0.513 e. The summed E-state index contributed by atoms with van der Waals surface area (Å²) in [5.41, 5.74) is -1.56. The predicted octanol–water partition coefficient (Wildman–Crippen LogP) is 4.26. The summed E-state index contributed by atoms with van der Waals surface area (Å²) in [5, 5.41) is 11.7. The monoisotopic (exact) mass is 386 g/mol. The highest BCUT2D eigenvalue weighted by molar-refractivity contribution is 5.62. The molecule has 1 aromatic rings. The maximum atomic E-state index is 13.5. The lowest BCUT2D eigenvalue weighted by Gasteiger charge is -2.32. The average Bonchev–Trinajstić information content (AvgIpc) is 2.60. The van der Waals surface area contributed by atoms with E-state index in [0.29, 0.717) is 0 Å². The second-order valence-electron chi connectivity index (χ2n) is 5.81. The molecule has 0 amide bonds. The van der Waals surface area contributed by atoms with Gasteiger partial charge in [0.05, 0.1) is 29.0 Å². The highest BCUT2D eigenvalue weighted by atomic mass is 19.4. The number of allylic oxidation sites excluding steroid dienone is 2. The van der Waals surface area contributed by atoms with Gasteiger partial charge in [-0.15, -0.1) is 0 Å². The minimum Gasteiger partial charge on any atom is -0.437 e. The number of ether oxygens (including phenoxy) is 2. The Hall–Kier alpha value is -3.04. The zero-order valence-electron chi connectivity index (χ0n) is 15.0. The van der Waals surface area contributed by atoms with Crippen LogP contribution in [0.25, 0.3) is 0 Å². The molecule has 1 unspecified atom stereocenters.